The largest absolute Gasteiger partial charge is 0.326 e. The number of carbonyl (C=O) groups is 2. The van der Waals surface area contributed by atoms with Crippen molar-refractivity contribution in [1.82, 2.24) is 0 Å². The van der Waals surface area contributed by atoms with Crippen molar-refractivity contribution >= 4 is 35.0 Å². The van der Waals surface area contributed by atoms with E-state index in [0.717, 1.165) is 21.0 Å². The summed E-state index contributed by atoms with van der Waals surface area (Å²) in [5.41, 5.74) is 2.41. The molecule has 5 heteroatoms. The third-order valence-corrected chi connectivity index (χ3v) is 4.68. The molecule has 0 unspecified atom stereocenters. The van der Waals surface area contributed by atoms with E-state index in [1.54, 1.807) is 11.8 Å². The van der Waals surface area contributed by atoms with Crippen molar-refractivity contribution in [2.75, 3.05) is 10.6 Å². The number of carbonyl (C=O) groups excluding carboxylic acids is 2. The Hall–Kier alpha value is -2.27. The minimum absolute atomic E-state index is 0.0484. The van der Waals surface area contributed by atoms with Crippen molar-refractivity contribution < 1.29 is 9.59 Å². The van der Waals surface area contributed by atoms with E-state index in [1.807, 2.05) is 63.2 Å². The second-order valence-corrected chi connectivity index (χ2v) is 6.48. The van der Waals surface area contributed by atoms with Crippen molar-refractivity contribution in [2.24, 2.45) is 0 Å². The summed E-state index contributed by atoms with van der Waals surface area (Å²) in [6, 6.07) is 13.8. The molecule has 0 aromatic heterocycles. The van der Waals surface area contributed by atoms with E-state index in [0.29, 0.717) is 18.5 Å². The normalized spacial score (nSPS) is 10.3. The highest BCUT2D eigenvalue weighted by Gasteiger charge is 2.12. The van der Waals surface area contributed by atoms with Crippen LogP contribution in [0.3, 0.4) is 0 Å². The highest BCUT2D eigenvalue weighted by Crippen LogP contribution is 2.36. The fourth-order valence-corrected chi connectivity index (χ4v) is 3.10. The van der Waals surface area contributed by atoms with Gasteiger partial charge in [0.05, 0.1) is 0 Å². The molecule has 2 rings (SSSR count). The van der Waals surface area contributed by atoms with Crippen LogP contribution >= 0.6 is 11.8 Å². The minimum atomic E-state index is -0.0534. The van der Waals surface area contributed by atoms with Crippen LogP contribution in [0.15, 0.2) is 52.3 Å². The standard InChI is InChI=1S/C19H22N2O2S/c1-4-18(22)20-14-11-16(21-19(23)5-2)13(3)17(12-14)24-15-9-7-6-8-10-15/h6-12H,4-5H2,1-3H3,(H,20,22)(H,21,23). The summed E-state index contributed by atoms with van der Waals surface area (Å²) in [6.07, 6.45) is 0.817. The molecule has 2 aromatic rings. The Bertz CT molecular complexity index is 730. The smallest absolute Gasteiger partial charge is 0.224 e. The van der Waals surface area contributed by atoms with Crippen molar-refractivity contribution in [1.29, 1.82) is 0 Å². The van der Waals surface area contributed by atoms with Gasteiger partial charge in [0.15, 0.2) is 0 Å². The molecule has 0 radical (unpaired) electrons. The predicted octanol–water partition coefficient (Wildman–Crippen LogP) is 4.84. The number of anilines is 2. The summed E-state index contributed by atoms with van der Waals surface area (Å²) >= 11 is 1.61. The summed E-state index contributed by atoms with van der Waals surface area (Å²) < 4.78 is 0. The number of nitrogens with one attached hydrogen (secondary N) is 2. The van der Waals surface area contributed by atoms with Gasteiger partial charge in [0.25, 0.3) is 0 Å². The zero-order valence-electron chi connectivity index (χ0n) is 14.2. The molecule has 0 saturated carbocycles. The molecular formula is C19H22N2O2S. The lowest BCUT2D eigenvalue weighted by Gasteiger charge is -2.15. The lowest BCUT2D eigenvalue weighted by Crippen LogP contribution is -2.13. The SMILES string of the molecule is CCC(=O)Nc1cc(NC(=O)CC)c(C)c(Sc2ccccc2)c1. The second-order valence-electron chi connectivity index (χ2n) is 5.37. The molecular weight excluding hydrogens is 320 g/mol. The zero-order valence-corrected chi connectivity index (χ0v) is 15.0. The average Bonchev–Trinajstić information content (AvgIpc) is 2.59. The van der Waals surface area contributed by atoms with Crippen LogP contribution in [0.25, 0.3) is 0 Å². The Kier molecular flexibility index (Phi) is 6.44. The molecule has 0 aliphatic heterocycles. The van der Waals surface area contributed by atoms with E-state index in [-0.39, 0.29) is 11.8 Å². The molecule has 0 spiro atoms. The number of benzene rings is 2. The van der Waals surface area contributed by atoms with Gasteiger partial charge in [-0.15, -0.1) is 0 Å². The molecule has 0 aliphatic carbocycles. The fraction of sp³-hybridized carbons (Fsp3) is 0.263. The molecule has 2 amide bonds. The first-order valence-electron chi connectivity index (χ1n) is 8.00. The van der Waals surface area contributed by atoms with Crippen LogP contribution in [-0.2, 0) is 9.59 Å². The van der Waals surface area contributed by atoms with E-state index in [2.05, 4.69) is 10.6 Å². The number of hydrogen-bond acceptors (Lipinski definition) is 3. The summed E-state index contributed by atoms with van der Waals surface area (Å²) in [7, 11) is 0. The van der Waals surface area contributed by atoms with Gasteiger partial charge < -0.3 is 10.6 Å². The molecule has 126 valence electrons. The Morgan fingerprint density at radius 3 is 2.21 bits per heavy atom. The van der Waals surface area contributed by atoms with Crippen LogP contribution in [0, 0.1) is 6.92 Å². The minimum Gasteiger partial charge on any atom is -0.326 e. The molecule has 4 nitrogen and oxygen atoms in total. The molecule has 0 saturated heterocycles. The van der Waals surface area contributed by atoms with Crippen LogP contribution in [-0.4, -0.2) is 11.8 Å². The number of hydrogen-bond donors (Lipinski definition) is 2. The molecule has 0 bridgehead atoms. The van der Waals surface area contributed by atoms with E-state index < -0.39 is 0 Å². The maximum Gasteiger partial charge on any atom is 0.224 e. The predicted molar refractivity (Wildman–Crippen MR) is 99.6 cm³/mol. The molecule has 2 aromatic carbocycles. The van der Waals surface area contributed by atoms with Gasteiger partial charge >= 0.3 is 0 Å². The summed E-state index contributed by atoms with van der Waals surface area (Å²) in [4.78, 5) is 25.6. The Balaban J connectivity index is 2.39. The van der Waals surface area contributed by atoms with Crippen LogP contribution in [0.2, 0.25) is 0 Å². The van der Waals surface area contributed by atoms with Gasteiger partial charge in [0.1, 0.15) is 0 Å². The first kappa shape index (κ1) is 18.1. The Morgan fingerprint density at radius 2 is 1.58 bits per heavy atom. The van der Waals surface area contributed by atoms with Gasteiger partial charge in [-0.3, -0.25) is 9.59 Å². The van der Waals surface area contributed by atoms with Crippen LogP contribution in [0.4, 0.5) is 11.4 Å². The lowest BCUT2D eigenvalue weighted by atomic mass is 10.1. The van der Waals surface area contributed by atoms with Crippen molar-refractivity contribution in [3.05, 3.63) is 48.0 Å². The van der Waals surface area contributed by atoms with Gasteiger partial charge in [-0.1, -0.05) is 43.8 Å². The van der Waals surface area contributed by atoms with Crippen molar-refractivity contribution in [3.63, 3.8) is 0 Å². The Labute approximate surface area is 147 Å². The van der Waals surface area contributed by atoms with Crippen LogP contribution in [0.1, 0.15) is 32.3 Å². The van der Waals surface area contributed by atoms with Gasteiger partial charge in [-0.05, 0) is 36.8 Å². The topological polar surface area (TPSA) is 58.2 Å². The van der Waals surface area contributed by atoms with Gasteiger partial charge in [-0.25, -0.2) is 0 Å². The number of rotatable bonds is 6. The fourth-order valence-electron chi connectivity index (χ4n) is 2.10. The van der Waals surface area contributed by atoms with Crippen molar-refractivity contribution in [3.8, 4) is 0 Å². The lowest BCUT2D eigenvalue weighted by molar-refractivity contribution is -0.116. The highest BCUT2D eigenvalue weighted by molar-refractivity contribution is 7.99. The first-order chi connectivity index (χ1) is 11.5. The molecule has 0 aliphatic rings. The average molecular weight is 342 g/mol. The molecule has 0 heterocycles. The quantitative estimate of drug-likeness (QED) is 0.789. The van der Waals surface area contributed by atoms with Crippen LogP contribution < -0.4 is 10.6 Å². The monoisotopic (exact) mass is 342 g/mol. The van der Waals surface area contributed by atoms with E-state index in [4.69, 9.17) is 0 Å². The highest BCUT2D eigenvalue weighted by atomic mass is 32.2. The summed E-state index contributed by atoms with van der Waals surface area (Å²) in [5.74, 6) is -0.102. The van der Waals surface area contributed by atoms with Gasteiger partial charge in [-0.2, -0.15) is 0 Å². The van der Waals surface area contributed by atoms with Gasteiger partial charge in [0.2, 0.25) is 11.8 Å². The third-order valence-electron chi connectivity index (χ3n) is 3.53. The van der Waals surface area contributed by atoms with E-state index in [1.165, 1.54) is 0 Å². The van der Waals surface area contributed by atoms with Crippen LogP contribution in [0.5, 0.6) is 0 Å². The maximum atomic E-state index is 11.8. The summed E-state index contributed by atoms with van der Waals surface area (Å²) in [5, 5.41) is 5.79. The van der Waals surface area contributed by atoms with E-state index >= 15 is 0 Å². The zero-order chi connectivity index (χ0) is 17.5. The molecule has 24 heavy (non-hydrogen) atoms. The molecule has 0 atom stereocenters. The molecule has 2 N–H and O–H groups in total. The number of amides is 2. The van der Waals surface area contributed by atoms with Crippen molar-refractivity contribution in [2.45, 2.75) is 43.4 Å². The summed E-state index contributed by atoms with van der Waals surface area (Å²) in [6.45, 7) is 5.60. The molecule has 0 fully saturated rings. The maximum absolute atomic E-state index is 11.8. The second kappa shape index (κ2) is 8.55. The Morgan fingerprint density at radius 1 is 0.958 bits per heavy atom. The van der Waals surface area contributed by atoms with E-state index in [9.17, 15) is 9.59 Å². The third kappa shape index (κ3) is 4.86. The van der Waals surface area contributed by atoms with Gasteiger partial charge in [0, 0.05) is 34.0 Å². The first-order valence-corrected chi connectivity index (χ1v) is 8.82.